The molecule has 0 aromatic heterocycles. The van der Waals surface area contributed by atoms with Crippen molar-refractivity contribution in [2.24, 2.45) is 0 Å². The number of hydrogen-bond acceptors (Lipinski definition) is 10. The Hall–Kier alpha value is -3.16. The molecular weight excluding hydrogens is 943 g/mol. The van der Waals surface area contributed by atoms with Gasteiger partial charge in [0.05, 0.1) is 25.4 Å². The molecule has 1 amide bonds. The Labute approximate surface area is 457 Å². The summed E-state index contributed by atoms with van der Waals surface area (Å²) in [6.07, 6.45) is 56.1. The molecule has 1 aliphatic rings. The van der Waals surface area contributed by atoms with Crippen LogP contribution in [0.2, 0.25) is 0 Å². The Morgan fingerprint density at radius 2 is 1.01 bits per heavy atom. The summed E-state index contributed by atoms with van der Waals surface area (Å²) >= 11 is 0. The van der Waals surface area contributed by atoms with E-state index in [1.54, 1.807) is 6.08 Å². The van der Waals surface area contributed by atoms with Crippen molar-refractivity contribution < 1.29 is 49.3 Å². The van der Waals surface area contributed by atoms with Gasteiger partial charge in [-0.2, -0.15) is 0 Å². The van der Waals surface area contributed by atoms with Crippen LogP contribution in [0.4, 0.5) is 0 Å². The van der Waals surface area contributed by atoms with Gasteiger partial charge in [-0.25, -0.2) is 0 Å². The zero-order chi connectivity index (χ0) is 54.7. The van der Waals surface area contributed by atoms with E-state index in [1.165, 1.54) is 109 Å². The van der Waals surface area contributed by atoms with Gasteiger partial charge in [0, 0.05) is 6.42 Å². The molecular formula is C64H111NO10. The average molecular weight is 1050 g/mol. The Kier molecular flexibility index (Phi) is 48.0. The summed E-state index contributed by atoms with van der Waals surface area (Å²) in [6.45, 7) is 5.61. The second-order valence-corrected chi connectivity index (χ2v) is 20.8. The molecule has 0 radical (unpaired) electrons. The lowest BCUT2D eigenvalue weighted by Gasteiger charge is -2.41. The number of amides is 1. The topological polar surface area (TPSA) is 175 Å². The first-order valence-electron chi connectivity index (χ1n) is 30.4. The molecule has 1 aliphatic heterocycles. The first-order valence-corrected chi connectivity index (χ1v) is 30.4. The third kappa shape index (κ3) is 39.8. The molecule has 0 aliphatic carbocycles. The summed E-state index contributed by atoms with van der Waals surface area (Å²) < 4.78 is 17.6. The molecule has 1 rings (SSSR count). The van der Waals surface area contributed by atoms with Gasteiger partial charge in [0.25, 0.3) is 0 Å². The Morgan fingerprint density at radius 3 is 1.57 bits per heavy atom. The number of unbranched alkanes of at least 4 members (excludes halogenated alkanes) is 27. The first-order chi connectivity index (χ1) is 36.7. The minimum atomic E-state index is -1.63. The quantitative estimate of drug-likeness (QED) is 0.0149. The number of hydrogen-bond donors (Lipinski definition) is 6. The van der Waals surface area contributed by atoms with Crippen molar-refractivity contribution in [1.29, 1.82) is 0 Å². The second-order valence-electron chi connectivity index (χ2n) is 20.8. The third-order valence-electron chi connectivity index (χ3n) is 13.9. The fraction of sp³-hybridized carbons (Fsp3) is 0.750. The normalized spacial score (nSPS) is 19.8. The van der Waals surface area contributed by atoms with E-state index in [2.05, 4.69) is 62.5 Å². The fourth-order valence-electron chi connectivity index (χ4n) is 9.04. The highest BCUT2D eigenvalue weighted by Crippen LogP contribution is 2.26. The summed E-state index contributed by atoms with van der Waals surface area (Å²) in [5.41, 5.74) is 0. The van der Waals surface area contributed by atoms with Gasteiger partial charge in [-0.3, -0.25) is 9.59 Å². The number of carbonyl (C=O) groups excluding carboxylic acids is 2. The van der Waals surface area contributed by atoms with Gasteiger partial charge in [0.2, 0.25) is 5.91 Å². The SMILES string of the molecule is CC/C=C/C=C/C=C/C=C\CCCCCCCC(=O)OC1C(OCC(NC(=O)C(O)CCCCCCCCCC/C=C\C/C=C\CCCCC)C(O)/C=C/CCCCCCCCCCCCC)OC(CO)C(O)C1O. The molecule has 11 heteroatoms. The van der Waals surface area contributed by atoms with E-state index in [0.717, 1.165) is 89.9 Å². The van der Waals surface area contributed by atoms with Crippen LogP contribution in [0.15, 0.2) is 85.1 Å². The van der Waals surface area contributed by atoms with E-state index in [9.17, 15) is 35.1 Å². The van der Waals surface area contributed by atoms with Crippen molar-refractivity contribution >= 4 is 11.9 Å². The summed E-state index contributed by atoms with van der Waals surface area (Å²) in [7, 11) is 0. The van der Waals surface area contributed by atoms with Gasteiger partial charge in [-0.1, -0.05) is 247 Å². The minimum absolute atomic E-state index is 0.0935. The second kappa shape index (κ2) is 51.6. The lowest BCUT2D eigenvalue weighted by atomic mass is 9.99. The van der Waals surface area contributed by atoms with Crippen molar-refractivity contribution in [2.75, 3.05) is 13.2 Å². The number of nitrogens with one attached hydrogen (secondary N) is 1. The van der Waals surface area contributed by atoms with Crippen molar-refractivity contribution in [2.45, 2.75) is 294 Å². The number of aliphatic hydroxyl groups is 5. The van der Waals surface area contributed by atoms with Gasteiger partial charge in [0.15, 0.2) is 12.4 Å². The average Bonchev–Trinajstić information content (AvgIpc) is 3.41. The number of esters is 1. The van der Waals surface area contributed by atoms with Crippen LogP contribution < -0.4 is 5.32 Å². The molecule has 8 unspecified atom stereocenters. The van der Waals surface area contributed by atoms with Crippen LogP contribution in [0.3, 0.4) is 0 Å². The number of aliphatic hydroxyl groups excluding tert-OH is 5. The van der Waals surface area contributed by atoms with Gasteiger partial charge in [-0.15, -0.1) is 0 Å². The van der Waals surface area contributed by atoms with Crippen LogP contribution in [0, 0.1) is 0 Å². The first kappa shape index (κ1) is 69.9. The van der Waals surface area contributed by atoms with Gasteiger partial charge in [0.1, 0.15) is 24.4 Å². The summed E-state index contributed by atoms with van der Waals surface area (Å²) in [4.78, 5) is 26.5. The molecule has 1 heterocycles. The maximum absolute atomic E-state index is 13.4. The van der Waals surface area contributed by atoms with Gasteiger partial charge in [-0.05, 0) is 77.0 Å². The summed E-state index contributed by atoms with van der Waals surface area (Å²) in [5.74, 6) is -1.23. The molecule has 6 N–H and O–H groups in total. The molecule has 432 valence electrons. The van der Waals surface area contributed by atoms with Gasteiger partial charge >= 0.3 is 5.97 Å². The van der Waals surface area contributed by atoms with Crippen LogP contribution in [0.5, 0.6) is 0 Å². The Balaban J connectivity index is 2.73. The molecule has 0 bridgehead atoms. The molecule has 0 spiro atoms. The standard InChI is InChI=1S/C64H111NO10/c1-4-7-10-13-16-19-22-25-27-28-29-31-33-36-39-42-45-48-51-57(68)63(72)65-55(56(67)50-47-44-41-38-35-32-24-21-18-15-12-9-6-3)54-73-64-62(61(71)60(70)58(53-66)74-64)75-59(69)52-49-46-43-40-37-34-30-26-23-20-17-14-11-8-5-2/h8,11,14,16-17,19-20,23,25-27,30,47,50,55-58,60-62,64,66-68,70-71H,4-7,9-10,12-13,15,18,21-22,24,28-29,31-46,48-49,51-54H2,1-3H3,(H,65,72)/b11-8+,17-14+,19-16-,23-20+,27-25-,30-26-,50-47+. The highest BCUT2D eigenvalue weighted by molar-refractivity contribution is 5.80. The number of allylic oxidation sites excluding steroid dienone is 13. The fourth-order valence-corrected chi connectivity index (χ4v) is 9.04. The van der Waals surface area contributed by atoms with Crippen LogP contribution in [0.1, 0.15) is 245 Å². The smallest absolute Gasteiger partial charge is 0.306 e. The lowest BCUT2D eigenvalue weighted by molar-refractivity contribution is -0.305. The van der Waals surface area contributed by atoms with Crippen LogP contribution in [-0.4, -0.2) is 99.6 Å². The minimum Gasteiger partial charge on any atom is -0.454 e. The Bertz CT molecular complexity index is 1540. The number of carbonyl (C=O) groups is 2. The van der Waals surface area contributed by atoms with Crippen molar-refractivity contribution in [3.05, 3.63) is 85.1 Å². The van der Waals surface area contributed by atoms with Crippen molar-refractivity contribution in [3.8, 4) is 0 Å². The van der Waals surface area contributed by atoms with E-state index in [1.807, 2.05) is 42.5 Å². The maximum atomic E-state index is 13.4. The molecule has 1 saturated heterocycles. The van der Waals surface area contributed by atoms with E-state index >= 15 is 0 Å². The zero-order valence-corrected chi connectivity index (χ0v) is 47.6. The van der Waals surface area contributed by atoms with E-state index in [0.29, 0.717) is 12.8 Å². The number of ether oxygens (including phenoxy) is 3. The van der Waals surface area contributed by atoms with Crippen molar-refractivity contribution in [1.82, 2.24) is 5.32 Å². The van der Waals surface area contributed by atoms with Crippen LogP contribution >= 0.6 is 0 Å². The predicted octanol–water partition coefficient (Wildman–Crippen LogP) is 14.2. The highest BCUT2D eigenvalue weighted by Gasteiger charge is 2.47. The molecule has 0 aromatic carbocycles. The van der Waals surface area contributed by atoms with Crippen LogP contribution in [-0.2, 0) is 23.8 Å². The molecule has 1 fully saturated rings. The summed E-state index contributed by atoms with van der Waals surface area (Å²) in [6, 6.07) is -1.04. The molecule has 75 heavy (non-hydrogen) atoms. The Morgan fingerprint density at radius 1 is 0.547 bits per heavy atom. The van der Waals surface area contributed by atoms with Crippen molar-refractivity contribution in [3.63, 3.8) is 0 Å². The number of rotatable bonds is 50. The lowest BCUT2D eigenvalue weighted by Crippen LogP contribution is -2.61. The van der Waals surface area contributed by atoms with E-state index in [4.69, 9.17) is 14.2 Å². The largest absolute Gasteiger partial charge is 0.454 e. The molecule has 8 atom stereocenters. The predicted molar refractivity (Wildman–Crippen MR) is 310 cm³/mol. The molecule has 0 aromatic rings. The van der Waals surface area contributed by atoms with E-state index in [-0.39, 0.29) is 19.4 Å². The van der Waals surface area contributed by atoms with Gasteiger partial charge < -0.3 is 45.1 Å². The highest BCUT2D eigenvalue weighted by atomic mass is 16.7. The molecule has 11 nitrogen and oxygen atoms in total. The molecule has 0 saturated carbocycles. The maximum Gasteiger partial charge on any atom is 0.306 e. The third-order valence-corrected chi connectivity index (χ3v) is 13.9. The van der Waals surface area contributed by atoms with Crippen LogP contribution in [0.25, 0.3) is 0 Å². The zero-order valence-electron chi connectivity index (χ0n) is 47.6. The summed E-state index contributed by atoms with van der Waals surface area (Å²) in [5, 5.41) is 56.9. The van der Waals surface area contributed by atoms with E-state index < -0.39 is 67.4 Å². The monoisotopic (exact) mass is 1050 g/mol.